The van der Waals surface area contributed by atoms with E-state index in [-0.39, 0.29) is 18.0 Å². The summed E-state index contributed by atoms with van der Waals surface area (Å²) in [6.07, 6.45) is 1.71. The third-order valence-electron chi connectivity index (χ3n) is 5.41. The predicted molar refractivity (Wildman–Crippen MR) is 128 cm³/mol. The van der Waals surface area contributed by atoms with Crippen LogP contribution < -0.4 is 19.8 Å². The number of benzene rings is 2. The molecule has 0 N–H and O–H groups in total. The van der Waals surface area contributed by atoms with Gasteiger partial charge >= 0.3 is 5.97 Å². The number of hydrogen-bond donors (Lipinski definition) is 0. The number of esters is 1. The zero-order valence-electron chi connectivity index (χ0n) is 18.8. The normalized spacial score (nSPS) is 15.8. The quantitative estimate of drug-likeness (QED) is 0.544. The molecule has 1 aliphatic heterocycles. The minimum Gasteiger partial charge on any atom is -0.463 e. The van der Waals surface area contributed by atoms with E-state index < -0.39 is 12.0 Å². The Morgan fingerprint density at radius 2 is 1.85 bits per heavy atom. The maximum absolute atomic E-state index is 13.5. The highest BCUT2D eigenvalue weighted by Gasteiger charge is 2.33. The van der Waals surface area contributed by atoms with E-state index in [1.807, 2.05) is 43.3 Å². The van der Waals surface area contributed by atoms with Gasteiger partial charge in [-0.25, -0.2) is 14.2 Å². The topological polar surface area (TPSA) is 63.9 Å². The van der Waals surface area contributed by atoms with Crippen molar-refractivity contribution >= 4 is 29.1 Å². The zero-order valence-corrected chi connectivity index (χ0v) is 19.6. The molecule has 2 aromatic carbocycles. The monoisotopic (exact) mass is 465 g/mol. The average Bonchev–Trinajstić information content (AvgIpc) is 3.09. The van der Waals surface area contributed by atoms with Crippen LogP contribution in [-0.2, 0) is 9.53 Å². The molecule has 3 aromatic rings. The molecule has 0 fully saturated rings. The molecule has 0 bridgehead atoms. The van der Waals surface area contributed by atoms with Crippen LogP contribution in [0.4, 0.5) is 10.1 Å². The standard InChI is InChI=1S/C25H24FN3O3S/c1-5-32-24(31)21-15(2)27-25-29(22(21)17-8-12-19(13-9-17)28(3)4)23(30)20(33-25)14-16-6-10-18(26)11-7-16/h6-14,22H,5H2,1-4H3/t22-/m0/s1. The Hall–Kier alpha value is -3.52. The average molecular weight is 466 g/mol. The van der Waals surface area contributed by atoms with Crippen LogP contribution >= 0.6 is 11.3 Å². The largest absolute Gasteiger partial charge is 0.463 e. The molecule has 1 aromatic heterocycles. The first-order valence-electron chi connectivity index (χ1n) is 10.5. The number of rotatable bonds is 5. The molecule has 1 atom stereocenters. The highest BCUT2D eigenvalue weighted by molar-refractivity contribution is 7.07. The van der Waals surface area contributed by atoms with Crippen LogP contribution in [-0.4, -0.2) is 31.2 Å². The molecule has 33 heavy (non-hydrogen) atoms. The van der Waals surface area contributed by atoms with Gasteiger partial charge in [0.15, 0.2) is 4.80 Å². The molecule has 0 saturated carbocycles. The van der Waals surface area contributed by atoms with Gasteiger partial charge in [0.1, 0.15) is 5.82 Å². The van der Waals surface area contributed by atoms with Crippen LogP contribution in [0.3, 0.4) is 0 Å². The number of allylic oxidation sites excluding steroid dienone is 1. The molecule has 170 valence electrons. The third-order valence-corrected chi connectivity index (χ3v) is 6.39. The van der Waals surface area contributed by atoms with E-state index in [4.69, 9.17) is 4.74 Å². The van der Waals surface area contributed by atoms with Crippen molar-refractivity contribution in [2.75, 3.05) is 25.6 Å². The minimum atomic E-state index is -0.660. The lowest BCUT2D eigenvalue weighted by Crippen LogP contribution is -2.39. The highest BCUT2D eigenvalue weighted by Crippen LogP contribution is 2.31. The summed E-state index contributed by atoms with van der Waals surface area (Å²) in [5, 5.41) is 0. The van der Waals surface area contributed by atoms with Crippen molar-refractivity contribution in [2.45, 2.75) is 19.9 Å². The number of halogens is 1. The third kappa shape index (κ3) is 4.39. The first kappa shape index (κ1) is 22.7. The van der Waals surface area contributed by atoms with Gasteiger partial charge in [-0.05, 0) is 55.3 Å². The number of anilines is 1. The van der Waals surface area contributed by atoms with Crippen LogP contribution in [0, 0.1) is 5.82 Å². The van der Waals surface area contributed by atoms with Crippen LogP contribution in [0.2, 0.25) is 0 Å². The second-order valence-corrected chi connectivity index (χ2v) is 8.85. The molecule has 0 radical (unpaired) electrons. The number of carbonyl (C=O) groups is 1. The molecular weight excluding hydrogens is 441 g/mol. The number of nitrogens with zero attached hydrogens (tertiary/aromatic N) is 3. The maximum atomic E-state index is 13.5. The SMILES string of the molecule is CCOC(=O)C1=C(C)N=c2sc(=Cc3ccc(F)cc3)c(=O)n2[C@H]1c1ccc(N(C)C)cc1. The fourth-order valence-electron chi connectivity index (χ4n) is 3.77. The van der Waals surface area contributed by atoms with Gasteiger partial charge in [-0.2, -0.15) is 0 Å². The van der Waals surface area contributed by atoms with Crippen molar-refractivity contribution in [1.29, 1.82) is 0 Å². The molecule has 4 rings (SSSR count). The van der Waals surface area contributed by atoms with Crippen molar-refractivity contribution in [2.24, 2.45) is 4.99 Å². The Morgan fingerprint density at radius 1 is 1.18 bits per heavy atom. The van der Waals surface area contributed by atoms with Gasteiger partial charge in [-0.1, -0.05) is 35.6 Å². The first-order valence-corrected chi connectivity index (χ1v) is 11.3. The Labute approximate surface area is 194 Å². The van der Waals surface area contributed by atoms with Crippen molar-refractivity contribution in [3.8, 4) is 0 Å². The van der Waals surface area contributed by atoms with E-state index in [1.54, 1.807) is 36.6 Å². The van der Waals surface area contributed by atoms with E-state index in [1.165, 1.54) is 23.5 Å². The molecule has 6 nitrogen and oxygen atoms in total. The summed E-state index contributed by atoms with van der Waals surface area (Å²) in [5.74, 6) is -0.835. The summed E-state index contributed by atoms with van der Waals surface area (Å²) >= 11 is 1.24. The Morgan fingerprint density at radius 3 is 2.45 bits per heavy atom. The van der Waals surface area contributed by atoms with Crippen LogP contribution in [0.25, 0.3) is 6.08 Å². The minimum absolute atomic E-state index is 0.219. The summed E-state index contributed by atoms with van der Waals surface area (Å²) in [6.45, 7) is 3.72. The summed E-state index contributed by atoms with van der Waals surface area (Å²) in [5.41, 5.74) is 3.09. The smallest absolute Gasteiger partial charge is 0.338 e. The predicted octanol–water partition coefficient (Wildman–Crippen LogP) is 3.00. The molecule has 8 heteroatoms. The molecule has 0 saturated heterocycles. The second-order valence-electron chi connectivity index (χ2n) is 7.84. The van der Waals surface area contributed by atoms with E-state index >= 15 is 0 Å². The summed E-state index contributed by atoms with van der Waals surface area (Å²) < 4.78 is 20.6. The fourth-order valence-corrected chi connectivity index (χ4v) is 4.82. The molecule has 0 amide bonds. The lowest BCUT2D eigenvalue weighted by molar-refractivity contribution is -0.139. The van der Waals surface area contributed by atoms with E-state index in [0.717, 1.165) is 11.3 Å². The molecular formula is C25H24FN3O3S. The summed E-state index contributed by atoms with van der Waals surface area (Å²) in [6, 6.07) is 13.0. The number of aromatic nitrogens is 1. The van der Waals surface area contributed by atoms with Gasteiger partial charge in [-0.3, -0.25) is 9.36 Å². The number of thiazole rings is 1. The number of ether oxygens (including phenoxy) is 1. The Kier molecular flexibility index (Phi) is 6.29. The van der Waals surface area contributed by atoms with Crippen LogP contribution in [0.15, 0.2) is 69.6 Å². The number of fused-ring (bicyclic) bond motifs is 1. The highest BCUT2D eigenvalue weighted by atomic mass is 32.1. The van der Waals surface area contributed by atoms with Crippen molar-refractivity contribution in [3.63, 3.8) is 0 Å². The Bertz CT molecular complexity index is 1400. The lowest BCUT2D eigenvalue weighted by Gasteiger charge is -2.25. The van der Waals surface area contributed by atoms with E-state index in [0.29, 0.717) is 26.2 Å². The first-order chi connectivity index (χ1) is 15.8. The molecule has 0 spiro atoms. The van der Waals surface area contributed by atoms with Crippen LogP contribution in [0.5, 0.6) is 0 Å². The van der Waals surface area contributed by atoms with E-state index in [9.17, 15) is 14.0 Å². The van der Waals surface area contributed by atoms with Gasteiger partial charge in [0, 0.05) is 19.8 Å². The summed E-state index contributed by atoms with van der Waals surface area (Å²) in [4.78, 5) is 33.5. The van der Waals surface area contributed by atoms with Gasteiger partial charge in [0.05, 0.1) is 28.5 Å². The molecule has 1 aliphatic rings. The molecule has 0 unspecified atom stereocenters. The van der Waals surface area contributed by atoms with Gasteiger partial charge < -0.3 is 9.64 Å². The van der Waals surface area contributed by atoms with Crippen molar-refractivity contribution < 1.29 is 13.9 Å². The number of carbonyl (C=O) groups excluding carboxylic acids is 1. The fraction of sp³-hybridized carbons (Fsp3) is 0.240. The molecule has 0 aliphatic carbocycles. The summed E-state index contributed by atoms with van der Waals surface area (Å²) in [7, 11) is 3.89. The number of hydrogen-bond acceptors (Lipinski definition) is 6. The second kappa shape index (κ2) is 9.15. The van der Waals surface area contributed by atoms with Crippen LogP contribution in [0.1, 0.15) is 31.0 Å². The molecule has 2 heterocycles. The lowest BCUT2D eigenvalue weighted by atomic mass is 9.95. The van der Waals surface area contributed by atoms with E-state index in [2.05, 4.69) is 4.99 Å². The van der Waals surface area contributed by atoms with Gasteiger partial charge in [0.25, 0.3) is 5.56 Å². The zero-order chi connectivity index (χ0) is 23.7. The maximum Gasteiger partial charge on any atom is 0.338 e. The van der Waals surface area contributed by atoms with Crippen molar-refractivity contribution in [3.05, 3.63) is 96.4 Å². The van der Waals surface area contributed by atoms with Gasteiger partial charge in [-0.15, -0.1) is 0 Å². The van der Waals surface area contributed by atoms with Gasteiger partial charge in [0.2, 0.25) is 0 Å². The Balaban J connectivity index is 1.92. The van der Waals surface area contributed by atoms with Crippen molar-refractivity contribution in [1.82, 2.24) is 4.57 Å².